The van der Waals surface area contributed by atoms with Crippen LogP contribution < -0.4 is 10.1 Å². The Morgan fingerprint density at radius 2 is 1.92 bits per heavy atom. The Kier molecular flexibility index (Phi) is 6.90. The summed E-state index contributed by atoms with van der Waals surface area (Å²) >= 11 is 0. The minimum Gasteiger partial charge on any atom is -0.495 e. The van der Waals surface area contributed by atoms with Crippen LogP contribution >= 0.6 is 0 Å². The fraction of sp³-hybridized carbons (Fsp3) is 0.684. The smallest absolute Gasteiger partial charge is 0.141 e. The molecule has 2 N–H and O–H groups in total. The van der Waals surface area contributed by atoms with Gasteiger partial charge in [-0.2, -0.15) is 0 Å². The number of hydrogen-bond acceptors (Lipinski definition) is 5. The standard InChI is InChI=1S/C19H32N2O3/c1-19(2,3)24-14-16(22)13-21-11-9-15(10-12-21)20-17-7-5-6-8-18(17)23-4/h5-8,15-16,20,22H,9-14H2,1-4H3. The number of likely N-dealkylation sites (tertiary alicyclic amines) is 1. The molecule has 1 aliphatic rings. The predicted molar refractivity (Wildman–Crippen MR) is 97.8 cm³/mol. The molecule has 24 heavy (non-hydrogen) atoms. The molecule has 136 valence electrons. The third kappa shape index (κ3) is 6.30. The number of nitrogens with one attached hydrogen (secondary N) is 1. The maximum atomic E-state index is 10.1. The Hall–Kier alpha value is -1.30. The molecule has 0 saturated carbocycles. The van der Waals surface area contributed by atoms with Gasteiger partial charge < -0.3 is 24.8 Å². The first kappa shape index (κ1) is 19.0. The molecule has 1 aromatic carbocycles. The van der Waals surface area contributed by atoms with E-state index in [2.05, 4.69) is 16.3 Å². The summed E-state index contributed by atoms with van der Waals surface area (Å²) < 4.78 is 11.1. The van der Waals surface area contributed by atoms with Gasteiger partial charge in [-0.05, 0) is 45.7 Å². The number of rotatable bonds is 7. The van der Waals surface area contributed by atoms with Gasteiger partial charge in [0.2, 0.25) is 0 Å². The Labute approximate surface area is 146 Å². The van der Waals surface area contributed by atoms with E-state index in [1.807, 2.05) is 39.0 Å². The van der Waals surface area contributed by atoms with Gasteiger partial charge in [0.05, 0.1) is 31.1 Å². The number of aliphatic hydroxyl groups excluding tert-OH is 1. The van der Waals surface area contributed by atoms with Crippen molar-refractivity contribution in [1.29, 1.82) is 0 Å². The van der Waals surface area contributed by atoms with Crippen molar-refractivity contribution in [3.8, 4) is 5.75 Å². The molecule has 1 fully saturated rings. The summed E-state index contributed by atoms with van der Waals surface area (Å²) in [6, 6.07) is 8.47. The first-order valence-corrected chi connectivity index (χ1v) is 8.81. The van der Waals surface area contributed by atoms with Gasteiger partial charge in [-0.15, -0.1) is 0 Å². The number of β-amino-alcohol motifs (C(OH)–C–C–N with tert-alkyl or cyclic N) is 1. The van der Waals surface area contributed by atoms with E-state index >= 15 is 0 Å². The Morgan fingerprint density at radius 1 is 1.25 bits per heavy atom. The zero-order chi connectivity index (χ0) is 17.6. The van der Waals surface area contributed by atoms with Crippen LogP contribution in [0.15, 0.2) is 24.3 Å². The summed E-state index contributed by atoms with van der Waals surface area (Å²) in [5.41, 5.74) is 0.851. The maximum Gasteiger partial charge on any atom is 0.141 e. The van der Waals surface area contributed by atoms with E-state index in [1.54, 1.807) is 7.11 Å². The topological polar surface area (TPSA) is 54.0 Å². The molecule has 1 saturated heterocycles. The highest BCUT2D eigenvalue weighted by Crippen LogP contribution is 2.26. The number of benzene rings is 1. The highest BCUT2D eigenvalue weighted by molar-refractivity contribution is 5.56. The third-order valence-corrected chi connectivity index (χ3v) is 4.23. The largest absolute Gasteiger partial charge is 0.495 e. The van der Waals surface area contributed by atoms with Crippen LogP contribution in [0.25, 0.3) is 0 Å². The summed E-state index contributed by atoms with van der Waals surface area (Å²) in [6.45, 7) is 9.07. The van der Waals surface area contributed by atoms with Crippen molar-refractivity contribution in [3.05, 3.63) is 24.3 Å². The highest BCUT2D eigenvalue weighted by atomic mass is 16.5. The lowest BCUT2D eigenvalue weighted by Gasteiger charge is -2.34. The average molecular weight is 336 g/mol. The molecule has 5 nitrogen and oxygen atoms in total. The first-order valence-electron chi connectivity index (χ1n) is 8.81. The molecule has 1 unspecified atom stereocenters. The van der Waals surface area contributed by atoms with E-state index < -0.39 is 6.10 Å². The van der Waals surface area contributed by atoms with Crippen molar-refractivity contribution >= 4 is 5.69 Å². The van der Waals surface area contributed by atoms with Gasteiger partial charge in [0, 0.05) is 25.7 Å². The Bertz CT molecular complexity index is 494. The van der Waals surface area contributed by atoms with Crippen molar-refractivity contribution in [2.24, 2.45) is 0 Å². The van der Waals surface area contributed by atoms with Crippen molar-refractivity contribution in [1.82, 2.24) is 4.90 Å². The number of nitrogens with zero attached hydrogens (tertiary/aromatic N) is 1. The Balaban J connectivity index is 1.73. The van der Waals surface area contributed by atoms with Gasteiger partial charge in [0.25, 0.3) is 0 Å². The van der Waals surface area contributed by atoms with Crippen LogP contribution in [0.1, 0.15) is 33.6 Å². The van der Waals surface area contributed by atoms with Crippen LogP contribution in [-0.2, 0) is 4.74 Å². The zero-order valence-corrected chi connectivity index (χ0v) is 15.4. The fourth-order valence-corrected chi connectivity index (χ4v) is 2.94. The molecule has 5 heteroatoms. The molecular weight excluding hydrogens is 304 g/mol. The van der Waals surface area contributed by atoms with Gasteiger partial charge in [-0.25, -0.2) is 0 Å². The molecule has 0 radical (unpaired) electrons. The predicted octanol–water partition coefficient (Wildman–Crippen LogP) is 2.75. The SMILES string of the molecule is COc1ccccc1NC1CCN(CC(O)COC(C)(C)C)CC1. The summed E-state index contributed by atoms with van der Waals surface area (Å²) in [5.74, 6) is 0.884. The Morgan fingerprint density at radius 3 is 2.54 bits per heavy atom. The molecule has 1 heterocycles. The van der Waals surface area contributed by atoms with Crippen LogP contribution in [0.3, 0.4) is 0 Å². The summed E-state index contributed by atoms with van der Waals surface area (Å²) in [6.07, 6.45) is 1.69. The quantitative estimate of drug-likeness (QED) is 0.802. The molecule has 1 aliphatic heterocycles. The molecule has 0 spiro atoms. The lowest BCUT2D eigenvalue weighted by atomic mass is 10.0. The number of aliphatic hydroxyl groups is 1. The maximum absolute atomic E-state index is 10.1. The van der Waals surface area contributed by atoms with E-state index in [1.165, 1.54) is 0 Å². The molecule has 0 aliphatic carbocycles. The van der Waals surface area contributed by atoms with E-state index in [4.69, 9.17) is 9.47 Å². The van der Waals surface area contributed by atoms with Crippen molar-refractivity contribution in [2.75, 3.05) is 38.7 Å². The number of hydrogen-bond donors (Lipinski definition) is 2. The summed E-state index contributed by atoms with van der Waals surface area (Å²) in [5, 5.41) is 13.7. The number of ether oxygens (including phenoxy) is 2. The lowest BCUT2D eigenvalue weighted by molar-refractivity contribution is -0.0571. The number of methoxy groups -OCH3 is 1. The number of anilines is 1. The zero-order valence-electron chi connectivity index (χ0n) is 15.4. The van der Waals surface area contributed by atoms with Gasteiger partial charge in [-0.1, -0.05) is 12.1 Å². The van der Waals surface area contributed by atoms with Crippen molar-refractivity contribution in [3.63, 3.8) is 0 Å². The van der Waals surface area contributed by atoms with Crippen LogP contribution in [0.2, 0.25) is 0 Å². The molecular formula is C19H32N2O3. The lowest BCUT2D eigenvalue weighted by Crippen LogP contribution is -2.44. The molecule has 0 amide bonds. The van der Waals surface area contributed by atoms with E-state index in [0.29, 0.717) is 19.2 Å². The second kappa shape index (κ2) is 8.70. The van der Waals surface area contributed by atoms with Crippen LogP contribution in [0.5, 0.6) is 5.75 Å². The molecule has 1 atom stereocenters. The number of piperidine rings is 1. The summed E-state index contributed by atoms with van der Waals surface area (Å²) in [4.78, 5) is 2.32. The minimum absolute atomic E-state index is 0.202. The van der Waals surface area contributed by atoms with Crippen LogP contribution in [-0.4, -0.2) is 61.1 Å². The highest BCUT2D eigenvalue weighted by Gasteiger charge is 2.22. The third-order valence-electron chi connectivity index (χ3n) is 4.23. The van der Waals surface area contributed by atoms with Gasteiger partial charge >= 0.3 is 0 Å². The monoisotopic (exact) mass is 336 g/mol. The van der Waals surface area contributed by atoms with Gasteiger partial charge in [-0.3, -0.25) is 0 Å². The van der Waals surface area contributed by atoms with E-state index in [9.17, 15) is 5.11 Å². The van der Waals surface area contributed by atoms with Crippen LogP contribution in [0.4, 0.5) is 5.69 Å². The number of para-hydroxylation sites is 2. The van der Waals surface area contributed by atoms with E-state index in [-0.39, 0.29) is 5.60 Å². The van der Waals surface area contributed by atoms with Crippen LogP contribution in [0, 0.1) is 0 Å². The second-order valence-corrected chi connectivity index (χ2v) is 7.50. The van der Waals surface area contributed by atoms with Crippen molar-refractivity contribution in [2.45, 2.75) is 51.4 Å². The van der Waals surface area contributed by atoms with Gasteiger partial charge in [0.1, 0.15) is 5.75 Å². The molecule has 0 bridgehead atoms. The molecule has 0 aromatic heterocycles. The minimum atomic E-state index is -0.428. The fourth-order valence-electron chi connectivity index (χ4n) is 2.94. The molecule has 2 rings (SSSR count). The van der Waals surface area contributed by atoms with Gasteiger partial charge in [0.15, 0.2) is 0 Å². The second-order valence-electron chi connectivity index (χ2n) is 7.50. The van der Waals surface area contributed by atoms with Crippen molar-refractivity contribution < 1.29 is 14.6 Å². The first-order chi connectivity index (χ1) is 11.4. The summed E-state index contributed by atoms with van der Waals surface area (Å²) in [7, 11) is 1.70. The average Bonchev–Trinajstić information content (AvgIpc) is 2.55. The van der Waals surface area contributed by atoms with E-state index in [0.717, 1.165) is 37.4 Å². The molecule has 1 aromatic rings. The normalized spacial score (nSPS) is 18.4.